The number of pyridine rings is 1. The molecular formula is C14H23N3O. The average molecular weight is 249 g/mol. The van der Waals surface area contributed by atoms with Gasteiger partial charge in [-0.3, -0.25) is 9.88 Å². The molecule has 1 aromatic heterocycles. The lowest BCUT2D eigenvalue weighted by atomic mass is 9.99. The van der Waals surface area contributed by atoms with Crippen LogP contribution < -0.4 is 5.73 Å². The Morgan fingerprint density at radius 3 is 2.44 bits per heavy atom. The van der Waals surface area contributed by atoms with Gasteiger partial charge in [0.15, 0.2) is 0 Å². The van der Waals surface area contributed by atoms with E-state index >= 15 is 0 Å². The molecule has 0 bridgehead atoms. The van der Waals surface area contributed by atoms with Crippen LogP contribution in [0, 0.1) is 0 Å². The Morgan fingerprint density at radius 1 is 1.28 bits per heavy atom. The summed E-state index contributed by atoms with van der Waals surface area (Å²) < 4.78 is 6.07. The summed E-state index contributed by atoms with van der Waals surface area (Å²) >= 11 is 0. The van der Waals surface area contributed by atoms with Crippen molar-refractivity contribution in [3.63, 3.8) is 0 Å². The molecule has 1 aliphatic rings. The summed E-state index contributed by atoms with van der Waals surface area (Å²) in [5.41, 5.74) is 7.40. The van der Waals surface area contributed by atoms with Gasteiger partial charge in [-0.05, 0) is 39.8 Å². The van der Waals surface area contributed by atoms with E-state index < -0.39 is 0 Å². The molecule has 0 unspecified atom stereocenters. The lowest BCUT2D eigenvalue weighted by molar-refractivity contribution is -0.182. The number of rotatable bonds is 2. The van der Waals surface area contributed by atoms with Gasteiger partial charge in [0.2, 0.25) is 0 Å². The third-order valence-electron chi connectivity index (χ3n) is 3.06. The Hall–Kier alpha value is -1.13. The van der Waals surface area contributed by atoms with Gasteiger partial charge < -0.3 is 10.5 Å². The molecule has 0 aromatic carbocycles. The largest absolute Gasteiger partial charge is 0.397 e. The molecule has 0 aliphatic carbocycles. The molecule has 4 heteroatoms. The van der Waals surface area contributed by atoms with Crippen molar-refractivity contribution in [2.24, 2.45) is 0 Å². The van der Waals surface area contributed by atoms with Gasteiger partial charge in [-0.15, -0.1) is 0 Å². The highest BCUT2D eigenvalue weighted by molar-refractivity contribution is 5.41. The van der Waals surface area contributed by atoms with E-state index in [9.17, 15) is 0 Å². The van der Waals surface area contributed by atoms with Crippen LogP contribution in [-0.2, 0) is 11.3 Å². The fourth-order valence-corrected chi connectivity index (χ4v) is 2.85. The molecule has 2 N–H and O–H groups in total. The molecule has 2 heterocycles. The predicted octanol–water partition coefficient (Wildman–Crippen LogP) is 2.05. The highest BCUT2D eigenvalue weighted by Gasteiger charge is 2.38. The zero-order chi connectivity index (χ0) is 13.4. The van der Waals surface area contributed by atoms with Crippen molar-refractivity contribution in [3.05, 3.63) is 24.0 Å². The lowest BCUT2D eigenvalue weighted by Gasteiger charge is -2.47. The quantitative estimate of drug-likeness (QED) is 0.871. The van der Waals surface area contributed by atoms with Gasteiger partial charge in [-0.2, -0.15) is 0 Å². The van der Waals surface area contributed by atoms with Crippen molar-refractivity contribution >= 4 is 5.69 Å². The SMILES string of the molecule is CC1(C)CN(Cc2ncccc2N)CC(C)(C)O1. The van der Waals surface area contributed by atoms with Gasteiger partial charge in [0.25, 0.3) is 0 Å². The average Bonchev–Trinajstić information content (AvgIpc) is 2.16. The fraction of sp³-hybridized carbons (Fsp3) is 0.643. The van der Waals surface area contributed by atoms with Crippen molar-refractivity contribution in [1.82, 2.24) is 9.88 Å². The highest BCUT2D eigenvalue weighted by atomic mass is 16.5. The summed E-state index contributed by atoms with van der Waals surface area (Å²) in [5, 5.41) is 0. The van der Waals surface area contributed by atoms with Gasteiger partial charge in [-0.1, -0.05) is 0 Å². The maximum Gasteiger partial charge on any atom is 0.0772 e. The van der Waals surface area contributed by atoms with Crippen LogP contribution in [0.1, 0.15) is 33.4 Å². The summed E-state index contributed by atoms with van der Waals surface area (Å²) in [5.74, 6) is 0. The standard InChI is InChI=1S/C14H23N3O/c1-13(2)9-17(10-14(3,4)18-13)8-12-11(15)6-5-7-16-12/h5-7H,8-10,15H2,1-4H3. The third-order valence-corrected chi connectivity index (χ3v) is 3.06. The molecule has 2 rings (SSSR count). The molecule has 1 aromatic rings. The van der Waals surface area contributed by atoms with E-state index in [1.807, 2.05) is 12.1 Å². The number of nitrogens with zero attached hydrogens (tertiary/aromatic N) is 2. The molecule has 100 valence electrons. The van der Waals surface area contributed by atoms with E-state index in [0.717, 1.165) is 31.0 Å². The van der Waals surface area contributed by atoms with Gasteiger partial charge in [-0.25, -0.2) is 0 Å². The molecule has 1 fully saturated rings. The Balaban J connectivity index is 2.12. The summed E-state index contributed by atoms with van der Waals surface area (Å²) in [7, 11) is 0. The smallest absolute Gasteiger partial charge is 0.0772 e. The van der Waals surface area contributed by atoms with Crippen LogP contribution in [0.3, 0.4) is 0 Å². The van der Waals surface area contributed by atoms with Crippen molar-refractivity contribution in [2.75, 3.05) is 18.8 Å². The zero-order valence-corrected chi connectivity index (χ0v) is 11.7. The number of aromatic nitrogens is 1. The first-order valence-electron chi connectivity index (χ1n) is 6.39. The van der Waals surface area contributed by atoms with Crippen LogP contribution in [0.2, 0.25) is 0 Å². The molecule has 0 saturated carbocycles. The fourth-order valence-electron chi connectivity index (χ4n) is 2.85. The van der Waals surface area contributed by atoms with Crippen molar-refractivity contribution in [1.29, 1.82) is 0 Å². The molecule has 0 atom stereocenters. The van der Waals surface area contributed by atoms with Gasteiger partial charge in [0.05, 0.1) is 22.6 Å². The van der Waals surface area contributed by atoms with Crippen LogP contribution in [0.25, 0.3) is 0 Å². The number of hydrogen-bond donors (Lipinski definition) is 1. The minimum Gasteiger partial charge on any atom is -0.397 e. The minimum absolute atomic E-state index is 0.134. The number of anilines is 1. The molecule has 0 radical (unpaired) electrons. The molecule has 1 saturated heterocycles. The van der Waals surface area contributed by atoms with Crippen LogP contribution >= 0.6 is 0 Å². The summed E-state index contributed by atoms with van der Waals surface area (Å²) in [6, 6.07) is 3.77. The maximum absolute atomic E-state index is 6.07. The van der Waals surface area contributed by atoms with Crippen LogP contribution in [0.5, 0.6) is 0 Å². The zero-order valence-electron chi connectivity index (χ0n) is 11.7. The number of nitrogens with two attached hydrogens (primary N) is 1. The Kier molecular flexibility index (Phi) is 3.34. The number of ether oxygens (including phenoxy) is 1. The maximum atomic E-state index is 6.07. The first kappa shape index (κ1) is 13.3. The number of nitrogen functional groups attached to an aromatic ring is 1. The first-order chi connectivity index (χ1) is 8.27. The van der Waals surface area contributed by atoms with E-state index in [-0.39, 0.29) is 11.2 Å². The van der Waals surface area contributed by atoms with Gasteiger partial charge in [0.1, 0.15) is 0 Å². The second-order valence-corrected chi connectivity index (χ2v) is 6.31. The van der Waals surface area contributed by atoms with Crippen LogP contribution in [0.4, 0.5) is 5.69 Å². The van der Waals surface area contributed by atoms with Gasteiger partial charge in [0, 0.05) is 25.8 Å². The topological polar surface area (TPSA) is 51.4 Å². The van der Waals surface area contributed by atoms with E-state index in [1.54, 1.807) is 6.20 Å². The molecule has 18 heavy (non-hydrogen) atoms. The van der Waals surface area contributed by atoms with E-state index in [2.05, 4.69) is 37.6 Å². The minimum atomic E-state index is -0.134. The Morgan fingerprint density at radius 2 is 1.89 bits per heavy atom. The van der Waals surface area contributed by atoms with Crippen LogP contribution in [-0.4, -0.2) is 34.2 Å². The van der Waals surface area contributed by atoms with E-state index in [4.69, 9.17) is 10.5 Å². The first-order valence-corrected chi connectivity index (χ1v) is 6.39. The van der Waals surface area contributed by atoms with E-state index in [0.29, 0.717) is 0 Å². The number of morpholine rings is 1. The second kappa shape index (κ2) is 4.52. The second-order valence-electron chi connectivity index (χ2n) is 6.31. The van der Waals surface area contributed by atoms with Gasteiger partial charge >= 0.3 is 0 Å². The molecule has 0 spiro atoms. The van der Waals surface area contributed by atoms with Crippen molar-refractivity contribution in [2.45, 2.75) is 45.4 Å². The summed E-state index contributed by atoms with van der Waals surface area (Å²) in [4.78, 5) is 6.72. The molecule has 4 nitrogen and oxygen atoms in total. The lowest BCUT2D eigenvalue weighted by Crippen LogP contribution is -2.56. The van der Waals surface area contributed by atoms with Crippen molar-refractivity contribution < 1.29 is 4.74 Å². The normalized spacial score (nSPS) is 22.9. The third kappa shape index (κ3) is 3.21. The van der Waals surface area contributed by atoms with Crippen LogP contribution in [0.15, 0.2) is 18.3 Å². The molecule has 0 amide bonds. The molecular weight excluding hydrogens is 226 g/mol. The summed E-state index contributed by atoms with van der Waals surface area (Å²) in [6.45, 7) is 11.1. The monoisotopic (exact) mass is 249 g/mol. The number of hydrogen-bond acceptors (Lipinski definition) is 4. The molecule has 1 aliphatic heterocycles. The predicted molar refractivity (Wildman–Crippen MR) is 73.2 cm³/mol. The van der Waals surface area contributed by atoms with E-state index in [1.165, 1.54) is 0 Å². The Labute approximate surface area is 109 Å². The van der Waals surface area contributed by atoms with Crippen molar-refractivity contribution in [3.8, 4) is 0 Å². The Bertz CT molecular complexity index is 413. The highest BCUT2D eigenvalue weighted by Crippen LogP contribution is 2.29. The summed E-state index contributed by atoms with van der Waals surface area (Å²) in [6.07, 6.45) is 1.79.